The van der Waals surface area contributed by atoms with Crippen molar-refractivity contribution < 1.29 is 22.7 Å². The first kappa shape index (κ1) is 22.8. The van der Waals surface area contributed by atoms with Crippen molar-refractivity contribution >= 4 is 33.2 Å². The Morgan fingerprint density at radius 3 is 2.31 bits per heavy atom. The van der Waals surface area contributed by atoms with E-state index >= 15 is 0 Å². The quantitative estimate of drug-likeness (QED) is 0.647. The molecule has 0 radical (unpaired) electrons. The van der Waals surface area contributed by atoms with Gasteiger partial charge in [0.15, 0.2) is 0 Å². The van der Waals surface area contributed by atoms with Crippen molar-refractivity contribution in [3.63, 3.8) is 0 Å². The van der Waals surface area contributed by atoms with Crippen LogP contribution in [0.5, 0.6) is 11.5 Å². The third-order valence-corrected chi connectivity index (χ3v) is 5.58. The van der Waals surface area contributed by atoms with Crippen molar-refractivity contribution in [3.05, 3.63) is 53.6 Å². The highest BCUT2D eigenvalue weighted by Gasteiger charge is 2.29. The van der Waals surface area contributed by atoms with Gasteiger partial charge in [-0.15, -0.1) is 0 Å². The van der Waals surface area contributed by atoms with Crippen LogP contribution >= 0.6 is 11.6 Å². The summed E-state index contributed by atoms with van der Waals surface area (Å²) in [7, 11) is -2.12. The van der Waals surface area contributed by atoms with Gasteiger partial charge >= 0.3 is 0 Å². The zero-order valence-corrected chi connectivity index (χ0v) is 18.3. The standard InChI is InChI=1S/C20H25ClN2O5S/c1-14(13-28-19-10-8-18(27-3)9-11-19)22-20(24)15(2)23(29(4,25)26)17-7-5-6-16(21)12-17/h5-12,14-15H,13H2,1-4H3,(H,22,24)/t14-,15+/m1/s1. The summed E-state index contributed by atoms with van der Waals surface area (Å²) in [5.74, 6) is 0.910. The van der Waals surface area contributed by atoms with E-state index in [1.165, 1.54) is 13.0 Å². The van der Waals surface area contributed by atoms with Crippen LogP contribution in [-0.2, 0) is 14.8 Å². The molecule has 158 valence electrons. The summed E-state index contributed by atoms with van der Waals surface area (Å²) in [5.41, 5.74) is 0.324. The molecule has 0 bridgehead atoms. The molecule has 29 heavy (non-hydrogen) atoms. The molecule has 0 aromatic heterocycles. The first-order valence-corrected chi connectivity index (χ1v) is 11.2. The van der Waals surface area contributed by atoms with E-state index in [4.69, 9.17) is 21.1 Å². The van der Waals surface area contributed by atoms with Gasteiger partial charge in [0.25, 0.3) is 0 Å². The molecule has 0 aliphatic rings. The zero-order chi connectivity index (χ0) is 21.6. The third-order valence-electron chi connectivity index (χ3n) is 4.10. The molecule has 0 saturated carbocycles. The zero-order valence-electron chi connectivity index (χ0n) is 16.8. The van der Waals surface area contributed by atoms with Gasteiger partial charge in [-0.2, -0.15) is 0 Å². The van der Waals surface area contributed by atoms with Crippen LogP contribution in [0.2, 0.25) is 5.02 Å². The second kappa shape index (κ2) is 9.84. The van der Waals surface area contributed by atoms with E-state index in [9.17, 15) is 13.2 Å². The minimum Gasteiger partial charge on any atom is -0.497 e. The van der Waals surface area contributed by atoms with Crippen molar-refractivity contribution in [2.24, 2.45) is 0 Å². The molecule has 2 aromatic carbocycles. The predicted octanol–water partition coefficient (Wildman–Crippen LogP) is 3.09. The second-order valence-corrected chi connectivity index (χ2v) is 8.91. The van der Waals surface area contributed by atoms with E-state index in [2.05, 4.69) is 5.32 Å². The van der Waals surface area contributed by atoms with Gasteiger partial charge in [0.05, 0.1) is 25.1 Å². The molecule has 2 rings (SSSR count). The van der Waals surface area contributed by atoms with E-state index < -0.39 is 22.0 Å². The molecule has 0 aliphatic heterocycles. The molecule has 0 saturated heterocycles. The van der Waals surface area contributed by atoms with Crippen molar-refractivity contribution in [2.75, 3.05) is 24.3 Å². The Balaban J connectivity index is 2.02. The van der Waals surface area contributed by atoms with Gasteiger partial charge in [-0.25, -0.2) is 8.42 Å². The van der Waals surface area contributed by atoms with E-state index in [0.29, 0.717) is 16.5 Å². The lowest BCUT2D eigenvalue weighted by molar-refractivity contribution is -0.122. The number of nitrogens with one attached hydrogen (secondary N) is 1. The Bertz CT molecular complexity index is 934. The first-order valence-electron chi connectivity index (χ1n) is 8.94. The smallest absolute Gasteiger partial charge is 0.243 e. The average molecular weight is 441 g/mol. The fourth-order valence-electron chi connectivity index (χ4n) is 2.72. The Labute approximate surface area is 176 Å². The number of methoxy groups -OCH3 is 1. The minimum atomic E-state index is -3.71. The summed E-state index contributed by atoms with van der Waals surface area (Å²) in [4.78, 5) is 12.7. The number of carbonyl (C=O) groups excluding carboxylic acids is 1. The van der Waals surface area contributed by atoms with Crippen LogP contribution in [0.25, 0.3) is 0 Å². The van der Waals surface area contributed by atoms with Crippen molar-refractivity contribution in [2.45, 2.75) is 25.9 Å². The summed E-state index contributed by atoms with van der Waals surface area (Å²) in [6, 6.07) is 12.1. The molecule has 0 heterocycles. The highest BCUT2D eigenvalue weighted by Crippen LogP contribution is 2.24. The summed E-state index contributed by atoms with van der Waals surface area (Å²) >= 11 is 5.98. The molecule has 1 amide bonds. The molecule has 2 aromatic rings. The van der Waals surface area contributed by atoms with Gasteiger partial charge in [0, 0.05) is 5.02 Å². The van der Waals surface area contributed by atoms with Crippen molar-refractivity contribution in [1.29, 1.82) is 0 Å². The lowest BCUT2D eigenvalue weighted by atomic mass is 10.2. The summed E-state index contributed by atoms with van der Waals surface area (Å²) < 4.78 is 36.4. The van der Waals surface area contributed by atoms with E-state index in [1.807, 2.05) is 0 Å². The second-order valence-electron chi connectivity index (χ2n) is 6.61. The number of halogens is 1. The lowest BCUT2D eigenvalue weighted by Gasteiger charge is -2.29. The number of sulfonamides is 1. The maximum absolute atomic E-state index is 12.7. The fourth-order valence-corrected chi connectivity index (χ4v) is 4.07. The Hall–Kier alpha value is -2.45. The van der Waals surface area contributed by atoms with Crippen molar-refractivity contribution in [3.8, 4) is 11.5 Å². The summed E-state index contributed by atoms with van der Waals surface area (Å²) in [6.07, 6.45) is 1.05. The molecule has 7 nitrogen and oxygen atoms in total. The first-order chi connectivity index (χ1) is 13.6. The molecule has 2 atom stereocenters. The lowest BCUT2D eigenvalue weighted by Crippen LogP contribution is -2.50. The van der Waals surface area contributed by atoms with E-state index in [0.717, 1.165) is 16.3 Å². The topological polar surface area (TPSA) is 84.9 Å². The van der Waals surface area contributed by atoms with Crippen LogP contribution in [0.4, 0.5) is 5.69 Å². The van der Waals surface area contributed by atoms with Gasteiger partial charge in [-0.05, 0) is 56.3 Å². The monoisotopic (exact) mass is 440 g/mol. The van der Waals surface area contributed by atoms with Crippen molar-refractivity contribution in [1.82, 2.24) is 5.32 Å². The van der Waals surface area contributed by atoms with Gasteiger partial charge < -0.3 is 14.8 Å². The molecule has 0 unspecified atom stereocenters. The fraction of sp³-hybridized carbons (Fsp3) is 0.350. The molecule has 1 N–H and O–H groups in total. The normalized spacial score (nSPS) is 13.3. The van der Waals surface area contributed by atoms with Gasteiger partial charge in [0.2, 0.25) is 15.9 Å². The minimum absolute atomic E-state index is 0.223. The van der Waals surface area contributed by atoms with Crippen LogP contribution in [0.3, 0.4) is 0 Å². The van der Waals surface area contributed by atoms with Gasteiger partial charge in [-0.1, -0.05) is 17.7 Å². The van der Waals surface area contributed by atoms with E-state index in [-0.39, 0.29) is 12.6 Å². The number of ether oxygens (including phenoxy) is 2. The Morgan fingerprint density at radius 1 is 1.14 bits per heavy atom. The third kappa shape index (κ3) is 6.54. The SMILES string of the molecule is COc1ccc(OC[C@@H](C)NC(=O)[C@H](C)N(c2cccc(Cl)c2)S(C)(=O)=O)cc1. The maximum atomic E-state index is 12.7. The molecular weight excluding hydrogens is 416 g/mol. The van der Waals surface area contributed by atoms with Gasteiger partial charge in [0.1, 0.15) is 24.1 Å². The number of amides is 1. The molecule has 0 fully saturated rings. The summed E-state index contributed by atoms with van der Waals surface area (Å²) in [6.45, 7) is 3.52. The number of hydrogen-bond donors (Lipinski definition) is 1. The molecule has 9 heteroatoms. The van der Waals surface area contributed by atoms with Crippen LogP contribution in [0, 0.1) is 0 Å². The molecular formula is C20H25ClN2O5S. The number of hydrogen-bond acceptors (Lipinski definition) is 5. The number of benzene rings is 2. The summed E-state index contributed by atoms with van der Waals surface area (Å²) in [5, 5.41) is 3.16. The average Bonchev–Trinajstić information content (AvgIpc) is 2.65. The number of rotatable bonds is 9. The highest BCUT2D eigenvalue weighted by atomic mass is 35.5. The Kier molecular flexibility index (Phi) is 7.75. The van der Waals surface area contributed by atoms with Crippen LogP contribution < -0.4 is 19.1 Å². The number of anilines is 1. The predicted molar refractivity (Wildman–Crippen MR) is 114 cm³/mol. The Morgan fingerprint density at radius 2 is 1.76 bits per heavy atom. The molecule has 0 aliphatic carbocycles. The molecule has 0 spiro atoms. The van der Waals surface area contributed by atoms with E-state index in [1.54, 1.807) is 56.5 Å². The largest absolute Gasteiger partial charge is 0.497 e. The number of carbonyl (C=O) groups is 1. The van der Waals surface area contributed by atoms with Crippen LogP contribution in [-0.4, -0.2) is 46.4 Å². The highest BCUT2D eigenvalue weighted by molar-refractivity contribution is 7.92. The number of nitrogens with zero attached hydrogens (tertiary/aromatic N) is 1. The van der Waals surface area contributed by atoms with Crippen LogP contribution in [0.15, 0.2) is 48.5 Å². The maximum Gasteiger partial charge on any atom is 0.243 e. The van der Waals surface area contributed by atoms with Crippen LogP contribution in [0.1, 0.15) is 13.8 Å². The van der Waals surface area contributed by atoms with Gasteiger partial charge in [-0.3, -0.25) is 9.10 Å².